The Morgan fingerprint density at radius 3 is 2.83 bits per heavy atom. The maximum atomic E-state index is 11.9. The summed E-state index contributed by atoms with van der Waals surface area (Å²) in [5, 5.41) is 0.272. The first-order valence-corrected chi connectivity index (χ1v) is 5.08. The van der Waals surface area contributed by atoms with Crippen LogP contribution in [0.4, 0.5) is 4.39 Å². The molecule has 72 valence electrons. The maximum Gasteiger partial charge on any atom is 0.0906 e. The summed E-state index contributed by atoms with van der Waals surface area (Å²) in [5.74, 6) is 0.667. The predicted molar refractivity (Wildman–Crippen MR) is 50.5 cm³/mol. The van der Waals surface area contributed by atoms with Crippen molar-refractivity contribution in [1.29, 1.82) is 0 Å². The summed E-state index contributed by atoms with van der Waals surface area (Å²) < 4.78 is 11.9. The Morgan fingerprint density at radius 1 is 1.50 bits per heavy atom. The Balaban J connectivity index is 2.24. The van der Waals surface area contributed by atoms with E-state index in [2.05, 4.69) is 11.8 Å². The summed E-state index contributed by atoms with van der Waals surface area (Å²) in [7, 11) is 0. The number of likely N-dealkylation sites (tertiary alicyclic amines) is 1. The van der Waals surface area contributed by atoms with E-state index in [0.717, 1.165) is 26.1 Å². The van der Waals surface area contributed by atoms with E-state index in [1.54, 1.807) is 0 Å². The van der Waals surface area contributed by atoms with Crippen molar-refractivity contribution in [2.45, 2.75) is 25.1 Å². The lowest BCUT2D eigenvalue weighted by Gasteiger charge is -2.33. The molecule has 0 aromatic carbocycles. The molecule has 12 heavy (non-hydrogen) atoms. The molecule has 3 heteroatoms. The third-order valence-electron chi connectivity index (χ3n) is 2.29. The zero-order valence-corrected chi connectivity index (χ0v) is 8.36. The lowest BCUT2D eigenvalue weighted by Crippen LogP contribution is -2.40. The van der Waals surface area contributed by atoms with Crippen LogP contribution < -0.4 is 0 Å². The van der Waals surface area contributed by atoms with Crippen molar-refractivity contribution in [3.63, 3.8) is 0 Å². The SMILES string of the molecule is CC1CC(Cl)CN(CCCF)C1. The highest BCUT2D eigenvalue weighted by Crippen LogP contribution is 2.20. The van der Waals surface area contributed by atoms with Crippen LogP contribution in [0, 0.1) is 5.92 Å². The van der Waals surface area contributed by atoms with Gasteiger partial charge in [-0.15, -0.1) is 11.6 Å². The largest absolute Gasteiger partial charge is 0.302 e. The predicted octanol–water partition coefficient (Wildman–Crippen LogP) is 2.30. The molecule has 2 unspecified atom stereocenters. The fourth-order valence-corrected chi connectivity index (χ4v) is 2.35. The van der Waals surface area contributed by atoms with Gasteiger partial charge in [0.15, 0.2) is 0 Å². The molecule has 0 bridgehead atoms. The molecular formula is C9H17ClFN. The second-order valence-electron chi connectivity index (χ2n) is 3.74. The average molecular weight is 194 g/mol. The lowest BCUT2D eigenvalue weighted by atomic mass is 10.00. The summed E-state index contributed by atoms with van der Waals surface area (Å²) in [6, 6.07) is 0. The van der Waals surface area contributed by atoms with Crippen LogP contribution in [0.3, 0.4) is 0 Å². The topological polar surface area (TPSA) is 3.24 Å². The number of hydrogen-bond acceptors (Lipinski definition) is 1. The summed E-state index contributed by atoms with van der Waals surface area (Å²) in [6.45, 7) is 4.88. The molecule has 0 aliphatic carbocycles. The van der Waals surface area contributed by atoms with Crippen molar-refractivity contribution in [3.05, 3.63) is 0 Å². The molecule has 0 saturated carbocycles. The van der Waals surface area contributed by atoms with Crippen LogP contribution in [0.2, 0.25) is 0 Å². The van der Waals surface area contributed by atoms with E-state index in [1.807, 2.05) is 0 Å². The van der Waals surface area contributed by atoms with Crippen molar-refractivity contribution in [2.75, 3.05) is 26.3 Å². The molecule has 2 atom stereocenters. The van der Waals surface area contributed by atoms with E-state index in [0.29, 0.717) is 12.3 Å². The van der Waals surface area contributed by atoms with Gasteiger partial charge in [-0.2, -0.15) is 0 Å². The Kier molecular flexibility index (Phi) is 4.30. The second-order valence-corrected chi connectivity index (χ2v) is 4.36. The van der Waals surface area contributed by atoms with E-state index in [4.69, 9.17) is 11.6 Å². The molecule has 1 nitrogen and oxygen atoms in total. The van der Waals surface area contributed by atoms with Gasteiger partial charge in [0.1, 0.15) is 0 Å². The molecule has 0 amide bonds. The molecule has 0 aromatic heterocycles. The third kappa shape index (κ3) is 3.28. The number of rotatable bonds is 3. The molecule has 1 fully saturated rings. The Morgan fingerprint density at radius 2 is 2.25 bits per heavy atom. The minimum Gasteiger partial charge on any atom is -0.302 e. The summed E-state index contributed by atoms with van der Waals surface area (Å²) in [4.78, 5) is 2.27. The van der Waals surface area contributed by atoms with Gasteiger partial charge in [-0.05, 0) is 18.8 Å². The molecule has 0 spiro atoms. The first kappa shape index (κ1) is 10.3. The van der Waals surface area contributed by atoms with Gasteiger partial charge in [-0.1, -0.05) is 6.92 Å². The van der Waals surface area contributed by atoms with E-state index in [-0.39, 0.29) is 12.1 Å². The lowest BCUT2D eigenvalue weighted by molar-refractivity contribution is 0.181. The zero-order chi connectivity index (χ0) is 8.97. The van der Waals surface area contributed by atoms with E-state index < -0.39 is 0 Å². The van der Waals surface area contributed by atoms with Gasteiger partial charge < -0.3 is 4.90 Å². The van der Waals surface area contributed by atoms with Crippen LogP contribution >= 0.6 is 11.6 Å². The van der Waals surface area contributed by atoms with Crippen LogP contribution in [0.25, 0.3) is 0 Å². The Labute approximate surface area is 78.9 Å². The smallest absolute Gasteiger partial charge is 0.0906 e. The number of nitrogens with zero attached hydrogens (tertiary/aromatic N) is 1. The highest BCUT2D eigenvalue weighted by molar-refractivity contribution is 6.20. The molecule has 1 aliphatic heterocycles. The molecule has 1 rings (SSSR count). The molecule has 1 saturated heterocycles. The highest BCUT2D eigenvalue weighted by atomic mass is 35.5. The van der Waals surface area contributed by atoms with Crippen molar-refractivity contribution in [1.82, 2.24) is 4.90 Å². The van der Waals surface area contributed by atoms with Gasteiger partial charge >= 0.3 is 0 Å². The number of alkyl halides is 2. The van der Waals surface area contributed by atoms with E-state index in [9.17, 15) is 4.39 Å². The van der Waals surface area contributed by atoms with Gasteiger partial charge in [-0.3, -0.25) is 4.39 Å². The fraction of sp³-hybridized carbons (Fsp3) is 1.00. The molecule has 0 aromatic rings. The number of halogens is 2. The number of piperidine rings is 1. The normalized spacial score (nSPS) is 32.2. The van der Waals surface area contributed by atoms with Gasteiger partial charge in [0.05, 0.1) is 6.67 Å². The summed E-state index contributed by atoms with van der Waals surface area (Å²) >= 11 is 6.05. The fourth-order valence-electron chi connectivity index (χ4n) is 1.85. The molecular weight excluding hydrogens is 177 g/mol. The van der Waals surface area contributed by atoms with Gasteiger partial charge in [0, 0.05) is 25.0 Å². The minimum absolute atomic E-state index is 0.210. The first-order valence-electron chi connectivity index (χ1n) is 4.64. The maximum absolute atomic E-state index is 11.9. The summed E-state index contributed by atoms with van der Waals surface area (Å²) in [5.41, 5.74) is 0. The van der Waals surface area contributed by atoms with Crippen molar-refractivity contribution in [3.8, 4) is 0 Å². The molecule has 1 heterocycles. The first-order chi connectivity index (χ1) is 5.72. The van der Waals surface area contributed by atoms with Crippen molar-refractivity contribution in [2.24, 2.45) is 5.92 Å². The molecule has 0 N–H and O–H groups in total. The van der Waals surface area contributed by atoms with E-state index in [1.165, 1.54) is 0 Å². The standard InChI is InChI=1S/C9H17ClFN/c1-8-5-9(10)7-12(6-8)4-2-3-11/h8-9H,2-7H2,1H3. The van der Waals surface area contributed by atoms with E-state index >= 15 is 0 Å². The molecule has 0 radical (unpaired) electrons. The van der Waals surface area contributed by atoms with Gasteiger partial charge in [0.2, 0.25) is 0 Å². The van der Waals surface area contributed by atoms with Crippen LogP contribution in [-0.2, 0) is 0 Å². The second kappa shape index (κ2) is 5.03. The highest BCUT2D eigenvalue weighted by Gasteiger charge is 2.22. The van der Waals surface area contributed by atoms with Crippen molar-refractivity contribution < 1.29 is 4.39 Å². The Bertz CT molecular complexity index is 122. The van der Waals surface area contributed by atoms with Crippen LogP contribution in [0.5, 0.6) is 0 Å². The van der Waals surface area contributed by atoms with Gasteiger partial charge in [-0.25, -0.2) is 0 Å². The van der Waals surface area contributed by atoms with Gasteiger partial charge in [0.25, 0.3) is 0 Å². The third-order valence-corrected chi connectivity index (χ3v) is 2.61. The monoisotopic (exact) mass is 193 g/mol. The quantitative estimate of drug-likeness (QED) is 0.622. The molecule has 1 aliphatic rings. The number of hydrogen-bond donors (Lipinski definition) is 0. The average Bonchev–Trinajstić information content (AvgIpc) is 1.99. The minimum atomic E-state index is -0.210. The summed E-state index contributed by atoms with van der Waals surface area (Å²) in [6.07, 6.45) is 1.75. The zero-order valence-electron chi connectivity index (χ0n) is 7.60. The Hall–Kier alpha value is 0.180. The van der Waals surface area contributed by atoms with Crippen LogP contribution in [-0.4, -0.2) is 36.6 Å². The van der Waals surface area contributed by atoms with Crippen LogP contribution in [0.1, 0.15) is 19.8 Å². The van der Waals surface area contributed by atoms with Crippen LogP contribution in [0.15, 0.2) is 0 Å². The van der Waals surface area contributed by atoms with Crippen molar-refractivity contribution >= 4 is 11.6 Å².